The zero-order valence-corrected chi connectivity index (χ0v) is 14.4. The SMILES string of the molecule is CC.Cc1ccc(C2=CC(=O)C=C(c3ccccc3)S2=O)cc1. The van der Waals surface area contributed by atoms with Crippen LogP contribution in [-0.2, 0) is 15.6 Å². The second-order valence-electron chi connectivity index (χ2n) is 4.92. The fourth-order valence-electron chi connectivity index (χ4n) is 2.23. The van der Waals surface area contributed by atoms with Crippen LogP contribution in [0.5, 0.6) is 0 Å². The molecule has 118 valence electrons. The summed E-state index contributed by atoms with van der Waals surface area (Å²) in [6.07, 6.45) is 2.93. The van der Waals surface area contributed by atoms with Gasteiger partial charge in [-0.15, -0.1) is 0 Å². The smallest absolute Gasteiger partial charge is 0.181 e. The van der Waals surface area contributed by atoms with Crippen molar-refractivity contribution < 1.29 is 9.00 Å². The molecule has 0 bridgehead atoms. The summed E-state index contributed by atoms with van der Waals surface area (Å²) in [6, 6.07) is 17.1. The first-order valence-corrected chi connectivity index (χ1v) is 8.82. The van der Waals surface area contributed by atoms with Crippen molar-refractivity contribution in [2.45, 2.75) is 20.8 Å². The van der Waals surface area contributed by atoms with Gasteiger partial charge in [0.15, 0.2) is 5.78 Å². The number of rotatable bonds is 2. The van der Waals surface area contributed by atoms with E-state index in [1.54, 1.807) is 0 Å². The van der Waals surface area contributed by atoms with Crippen LogP contribution in [0.3, 0.4) is 0 Å². The minimum atomic E-state index is -1.34. The van der Waals surface area contributed by atoms with Crippen LogP contribution in [0.25, 0.3) is 9.81 Å². The molecule has 1 aliphatic heterocycles. The molecule has 2 aromatic carbocycles. The van der Waals surface area contributed by atoms with Crippen molar-refractivity contribution in [3.8, 4) is 0 Å². The minimum absolute atomic E-state index is 0.121. The van der Waals surface area contributed by atoms with E-state index in [0.29, 0.717) is 9.81 Å². The van der Waals surface area contributed by atoms with Crippen molar-refractivity contribution >= 4 is 26.4 Å². The van der Waals surface area contributed by atoms with E-state index in [1.165, 1.54) is 12.2 Å². The molecule has 1 atom stereocenters. The molecule has 1 heterocycles. The van der Waals surface area contributed by atoms with Gasteiger partial charge in [-0.2, -0.15) is 0 Å². The molecule has 0 saturated heterocycles. The first-order chi connectivity index (χ1) is 11.1. The predicted octanol–water partition coefficient (Wildman–Crippen LogP) is 4.73. The topological polar surface area (TPSA) is 34.1 Å². The molecule has 0 aliphatic carbocycles. The normalized spacial score (nSPS) is 16.8. The number of carbonyl (C=O) groups is 1. The van der Waals surface area contributed by atoms with Gasteiger partial charge in [0.1, 0.15) is 0 Å². The summed E-state index contributed by atoms with van der Waals surface area (Å²) in [6.45, 7) is 6.00. The van der Waals surface area contributed by atoms with E-state index >= 15 is 0 Å². The molecule has 2 aromatic rings. The zero-order valence-electron chi connectivity index (χ0n) is 13.6. The van der Waals surface area contributed by atoms with E-state index in [4.69, 9.17) is 0 Å². The molecule has 0 aromatic heterocycles. The largest absolute Gasteiger partial charge is 0.290 e. The van der Waals surface area contributed by atoms with E-state index in [2.05, 4.69) is 0 Å². The van der Waals surface area contributed by atoms with E-state index < -0.39 is 10.8 Å². The summed E-state index contributed by atoms with van der Waals surface area (Å²) < 4.78 is 12.8. The van der Waals surface area contributed by atoms with Crippen LogP contribution in [0.4, 0.5) is 0 Å². The van der Waals surface area contributed by atoms with Gasteiger partial charge in [0, 0.05) is 12.2 Å². The first kappa shape index (κ1) is 17.1. The standard InChI is InChI=1S/C18H14O2S.C2H6/c1-13-7-9-15(10-8-13)18-12-16(19)11-17(21(18)20)14-5-3-2-4-6-14;1-2/h2-12H,1H3;1-2H3. The predicted molar refractivity (Wildman–Crippen MR) is 98.1 cm³/mol. The molecule has 0 saturated carbocycles. The third kappa shape index (κ3) is 3.93. The van der Waals surface area contributed by atoms with Gasteiger partial charge in [-0.3, -0.25) is 4.79 Å². The van der Waals surface area contributed by atoms with E-state index in [1.807, 2.05) is 75.4 Å². The lowest BCUT2D eigenvalue weighted by molar-refractivity contribution is -0.110. The third-order valence-corrected chi connectivity index (χ3v) is 4.85. The van der Waals surface area contributed by atoms with E-state index in [-0.39, 0.29) is 5.78 Å². The fraction of sp³-hybridized carbons (Fsp3) is 0.150. The Kier molecular flexibility index (Phi) is 5.83. The molecule has 0 amide bonds. The Morgan fingerprint density at radius 2 is 1.22 bits per heavy atom. The molecule has 23 heavy (non-hydrogen) atoms. The number of allylic oxidation sites excluding steroid dienone is 2. The molecule has 1 unspecified atom stereocenters. The van der Waals surface area contributed by atoms with Crippen molar-refractivity contribution in [2.24, 2.45) is 0 Å². The number of hydrogen-bond acceptors (Lipinski definition) is 2. The zero-order chi connectivity index (χ0) is 16.8. The summed E-state index contributed by atoms with van der Waals surface area (Å²) in [5.41, 5.74) is 2.78. The second kappa shape index (κ2) is 7.84. The van der Waals surface area contributed by atoms with Crippen LogP contribution in [0.1, 0.15) is 30.5 Å². The van der Waals surface area contributed by atoms with Crippen LogP contribution in [0.15, 0.2) is 66.7 Å². The molecule has 0 N–H and O–H groups in total. The summed E-state index contributed by atoms with van der Waals surface area (Å²) in [4.78, 5) is 13.1. The van der Waals surface area contributed by atoms with Gasteiger partial charge in [0.2, 0.25) is 0 Å². The van der Waals surface area contributed by atoms with Gasteiger partial charge in [0.25, 0.3) is 0 Å². The van der Waals surface area contributed by atoms with E-state index in [0.717, 1.165) is 16.7 Å². The fourth-order valence-corrected chi connectivity index (χ4v) is 3.61. The maximum absolute atomic E-state index is 12.8. The summed E-state index contributed by atoms with van der Waals surface area (Å²) in [7, 11) is -1.34. The number of hydrogen-bond donors (Lipinski definition) is 0. The van der Waals surface area contributed by atoms with Crippen molar-refractivity contribution in [3.63, 3.8) is 0 Å². The highest BCUT2D eigenvalue weighted by Gasteiger charge is 2.22. The van der Waals surface area contributed by atoms with Gasteiger partial charge < -0.3 is 0 Å². The number of benzene rings is 2. The van der Waals surface area contributed by atoms with Gasteiger partial charge in [-0.05, 0) is 18.1 Å². The van der Waals surface area contributed by atoms with Crippen LogP contribution < -0.4 is 0 Å². The number of ketones is 1. The average molecular weight is 324 g/mol. The van der Waals surface area contributed by atoms with Crippen LogP contribution in [0, 0.1) is 6.92 Å². The van der Waals surface area contributed by atoms with Crippen LogP contribution >= 0.6 is 0 Å². The molecule has 0 fully saturated rings. The van der Waals surface area contributed by atoms with Gasteiger partial charge in [-0.1, -0.05) is 74.0 Å². The van der Waals surface area contributed by atoms with Crippen LogP contribution in [0.2, 0.25) is 0 Å². The Morgan fingerprint density at radius 3 is 1.74 bits per heavy atom. The lowest BCUT2D eigenvalue weighted by atomic mass is 10.1. The van der Waals surface area contributed by atoms with Crippen molar-refractivity contribution in [2.75, 3.05) is 0 Å². The second-order valence-corrected chi connectivity index (χ2v) is 6.34. The summed E-state index contributed by atoms with van der Waals surface area (Å²) >= 11 is 0. The Morgan fingerprint density at radius 1 is 0.739 bits per heavy atom. The summed E-state index contributed by atoms with van der Waals surface area (Å²) in [5, 5.41) is 0. The quantitative estimate of drug-likeness (QED) is 0.800. The molecule has 3 heteroatoms. The number of aryl methyl sites for hydroxylation is 1. The molecule has 0 spiro atoms. The monoisotopic (exact) mass is 324 g/mol. The lowest BCUT2D eigenvalue weighted by Gasteiger charge is -2.15. The van der Waals surface area contributed by atoms with Crippen molar-refractivity contribution in [3.05, 3.63) is 83.4 Å². The molecule has 3 rings (SSSR count). The maximum Gasteiger partial charge on any atom is 0.181 e. The highest BCUT2D eigenvalue weighted by atomic mass is 32.2. The molecule has 1 aliphatic rings. The van der Waals surface area contributed by atoms with Crippen LogP contribution in [-0.4, -0.2) is 9.99 Å². The Labute approximate surface area is 140 Å². The van der Waals surface area contributed by atoms with E-state index in [9.17, 15) is 9.00 Å². The molecule has 0 radical (unpaired) electrons. The van der Waals surface area contributed by atoms with Crippen molar-refractivity contribution in [1.29, 1.82) is 0 Å². The average Bonchev–Trinajstić information content (AvgIpc) is 2.60. The first-order valence-electron chi connectivity index (χ1n) is 7.67. The lowest BCUT2D eigenvalue weighted by Crippen LogP contribution is -2.07. The molecular formula is C20H20O2S. The minimum Gasteiger partial charge on any atom is -0.290 e. The third-order valence-electron chi connectivity index (χ3n) is 3.34. The van der Waals surface area contributed by atoms with Gasteiger partial charge in [0.05, 0.1) is 20.6 Å². The summed E-state index contributed by atoms with van der Waals surface area (Å²) in [5.74, 6) is -0.121. The van der Waals surface area contributed by atoms with Gasteiger partial charge in [-0.25, -0.2) is 4.21 Å². The van der Waals surface area contributed by atoms with Crippen molar-refractivity contribution in [1.82, 2.24) is 0 Å². The Balaban J connectivity index is 0.000000924. The molecular weight excluding hydrogens is 304 g/mol. The highest BCUT2D eigenvalue weighted by molar-refractivity contribution is 8.03. The van der Waals surface area contributed by atoms with Gasteiger partial charge >= 0.3 is 0 Å². The Hall–Kier alpha value is -2.26. The Bertz CT molecular complexity index is 769. The number of carbonyl (C=O) groups excluding carboxylic acids is 1. The highest BCUT2D eigenvalue weighted by Crippen LogP contribution is 2.32. The molecule has 2 nitrogen and oxygen atoms in total. The maximum atomic E-state index is 12.8.